The van der Waals surface area contributed by atoms with E-state index in [0.717, 1.165) is 0 Å². The van der Waals surface area contributed by atoms with Gasteiger partial charge in [-0.15, -0.1) is 11.3 Å². The number of rotatable bonds is 2. The molecule has 0 saturated heterocycles. The lowest BCUT2D eigenvalue weighted by molar-refractivity contribution is 0.104. The summed E-state index contributed by atoms with van der Waals surface area (Å²) in [5.41, 5.74) is 6.31. The molecule has 6 heteroatoms. The summed E-state index contributed by atoms with van der Waals surface area (Å²) >= 11 is 18.8. The third-order valence-corrected chi connectivity index (χ3v) is 4.12. The molecule has 0 aliphatic rings. The van der Waals surface area contributed by atoms with Gasteiger partial charge in [-0.05, 0) is 24.3 Å². The minimum atomic E-state index is -0.235. The Morgan fingerprint density at radius 1 is 1.18 bits per heavy atom. The molecular formula is C11H6Cl3NOS. The minimum Gasteiger partial charge on any atom is -0.399 e. The number of nitrogens with two attached hydrogens (primary N) is 1. The van der Waals surface area contributed by atoms with Crippen LogP contribution in [-0.2, 0) is 0 Å². The van der Waals surface area contributed by atoms with Gasteiger partial charge in [0.1, 0.15) is 0 Å². The normalized spacial score (nSPS) is 10.5. The summed E-state index contributed by atoms with van der Waals surface area (Å²) in [4.78, 5) is 12.6. The van der Waals surface area contributed by atoms with Gasteiger partial charge in [-0.2, -0.15) is 0 Å². The van der Waals surface area contributed by atoms with Crippen molar-refractivity contribution in [1.29, 1.82) is 0 Å². The van der Waals surface area contributed by atoms with Gasteiger partial charge in [-0.3, -0.25) is 4.79 Å². The fourth-order valence-corrected chi connectivity index (χ4v) is 2.76. The number of thiophene rings is 1. The zero-order valence-electron chi connectivity index (χ0n) is 8.34. The highest BCUT2D eigenvalue weighted by atomic mass is 35.5. The van der Waals surface area contributed by atoms with E-state index in [4.69, 9.17) is 40.5 Å². The highest BCUT2D eigenvalue weighted by Gasteiger charge is 2.17. The summed E-state index contributed by atoms with van der Waals surface area (Å²) in [6, 6.07) is 6.30. The average molecular weight is 307 g/mol. The molecule has 0 radical (unpaired) electrons. The largest absolute Gasteiger partial charge is 0.399 e. The molecule has 88 valence electrons. The van der Waals surface area contributed by atoms with E-state index in [0.29, 0.717) is 14.9 Å². The Hall–Kier alpha value is -0.740. The first-order chi connectivity index (χ1) is 7.99. The number of ketones is 1. The van der Waals surface area contributed by atoms with Gasteiger partial charge in [0.15, 0.2) is 0 Å². The second-order valence-electron chi connectivity index (χ2n) is 3.30. The molecule has 0 spiro atoms. The molecule has 0 bridgehead atoms. The first-order valence-electron chi connectivity index (χ1n) is 4.53. The Labute approximate surface area is 117 Å². The van der Waals surface area contributed by atoms with Crippen LogP contribution in [0.25, 0.3) is 0 Å². The molecule has 0 aliphatic heterocycles. The summed E-state index contributed by atoms with van der Waals surface area (Å²) < 4.78 is 0.541. The standard InChI is InChI=1S/C11H6Cl3NOS/c12-7-4-5(15)3-6(10(7)14)11(16)8-1-2-9(13)17-8/h1-4H,15H2. The van der Waals surface area contributed by atoms with Crippen LogP contribution in [-0.4, -0.2) is 5.78 Å². The van der Waals surface area contributed by atoms with Gasteiger partial charge in [-0.1, -0.05) is 34.8 Å². The lowest BCUT2D eigenvalue weighted by Crippen LogP contribution is -2.01. The lowest BCUT2D eigenvalue weighted by atomic mass is 10.1. The molecule has 0 atom stereocenters. The first-order valence-corrected chi connectivity index (χ1v) is 6.48. The Morgan fingerprint density at radius 3 is 2.47 bits per heavy atom. The molecule has 0 amide bonds. The van der Waals surface area contributed by atoms with Crippen molar-refractivity contribution in [2.24, 2.45) is 0 Å². The van der Waals surface area contributed by atoms with E-state index >= 15 is 0 Å². The van der Waals surface area contributed by atoms with E-state index in [2.05, 4.69) is 0 Å². The molecule has 1 aromatic heterocycles. The van der Waals surface area contributed by atoms with E-state index in [1.165, 1.54) is 23.5 Å². The number of anilines is 1. The topological polar surface area (TPSA) is 43.1 Å². The molecule has 2 rings (SSSR count). The summed E-state index contributed by atoms with van der Waals surface area (Å²) in [7, 11) is 0. The number of hydrogen-bond donors (Lipinski definition) is 1. The van der Waals surface area contributed by atoms with Crippen LogP contribution in [0.2, 0.25) is 14.4 Å². The number of carbonyl (C=O) groups excluding carboxylic acids is 1. The second kappa shape index (κ2) is 4.86. The molecule has 0 unspecified atom stereocenters. The van der Waals surface area contributed by atoms with Crippen molar-refractivity contribution in [3.8, 4) is 0 Å². The lowest BCUT2D eigenvalue weighted by Gasteiger charge is -2.05. The maximum atomic E-state index is 12.1. The monoisotopic (exact) mass is 305 g/mol. The van der Waals surface area contributed by atoms with E-state index in [1.807, 2.05) is 0 Å². The third-order valence-electron chi connectivity index (χ3n) is 2.09. The van der Waals surface area contributed by atoms with Crippen molar-refractivity contribution in [1.82, 2.24) is 0 Å². The first kappa shape index (κ1) is 12.7. The summed E-state index contributed by atoms with van der Waals surface area (Å²) in [6.45, 7) is 0. The number of halogens is 3. The van der Waals surface area contributed by atoms with E-state index in [9.17, 15) is 4.79 Å². The zero-order chi connectivity index (χ0) is 12.6. The maximum Gasteiger partial charge on any atom is 0.204 e. The average Bonchev–Trinajstić information content (AvgIpc) is 2.69. The van der Waals surface area contributed by atoms with Crippen molar-refractivity contribution in [3.05, 3.63) is 49.1 Å². The fourth-order valence-electron chi connectivity index (χ4n) is 1.34. The molecule has 0 saturated carbocycles. The van der Waals surface area contributed by atoms with Crippen LogP contribution >= 0.6 is 46.1 Å². The summed E-state index contributed by atoms with van der Waals surface area (Å²) in [6.07, 6.45) is 0. The van der Waals surface area contributed by atoms with Crippen molar-refractivity contribution in [2.75, 3.05) is 5.73 Å². The van der Waals surface area contributed by atoms with Crippen molar-refractivity contribution in [2.45, 2.75) is 0 Å². The van der Waals surface area contributed by atoms with Crippen LogP contribution in [0.1, 0.15) is 15.2 Å². The smallest absolute Gasteiger partial charge is 0.204 e. The maximum absolute atomic E-state index is 12.1. The fraction of sp³-hybridized carbons (Fsp3) is 0. The molecule has 2 nitrogen and oxygen atoms in total. The Bertz CT molecular complexity index is 594. The van der Waals surface area contributed by atoms with E-state index in [-0.39, 0.29) is 21.4 Å². The quantitative estimate of drug-likeness (QED) is 0.654. The highest BCUT2D eigenvalue weighted by Crippen LogP contribution is 2.32. The van der Waals surface area contributed by atoms with Gasteiger partial charge in [0.05, 0.1) is 19.3 Å². The van der Waals surface area contributed by atoms with E-state index < -0.39 is 0 Å². The molecular weight excluding hydrogens is 301 g/mol. The minimum absolute atomic E-state index is 0.204. The number of carbonyl (C=O) groups is 1. The Balaban J connectivity index is 2.51. The molecule has 17 heavy (non-hydrogen) atoms. The van der Waals surface area contributed by atoms with Crippen molar-refractivity contribution in [3.63, 3.8) is 0 Å². The van der Waals surface area contributed by atoms with Crippen LogP contribution in [0.5, 0.6) is 0 Å². The summed E-state index contributed by atoms with van der Waals surface area (Å²) in [5, 5.41) is 0.466. The second-order valence-corrected chi connectivity index (χ2v) is 5.80. The van der Waals surface area contributed by atoms with Gasteiger partial charge in [0.25, 0.3) is 0 Å². The number of hydrogen-bond acceptors (Lipinski definition) is 3. The predicted octanol–water partition coefficient (Wildman–Crippen LogP) is 4.52. The highest BCUT2D eigenvalue weighted by molar-refractivity contribution is 7.18. The van der Waals surface area contributed by atoms with Crippen LogP contribution in [0.4, 0.5) is 5.69 Å². The van der Waals surface area contributed by atoms with Gasteiger partial charge in [0.2, 0.25) is 5.78 Å². The Morgan fingerprint density at radius 2 is 1.88 bits per heavy atom. The van der Waals surface area contributed by atoms with Crippen LogP contribution in [0.15, 0.2) is 24.3 Å². The molecule has 1 heterocycles. The SMILES string of the molecule is Nc1cc(Cl)c(Cl)c(C(=O)c2ccc(Cl)s2)c1. The number of benzene rings is 1. The Kier molecular flexibility index (Phi) is 3.64. The zero-order valence-corrected chi connectivity index (χ0v) is 11.4. The van der Waals surface area contributed by atoms with Crippen molar-refractivity contribution < 1.29 is 4.79 Å². The number of nitrogen functional groups attached to an aromatic ring is 1. The molecule has 2 N–H and O–H groups in total. The molecule has 0 fully saturated rings. The van der Waals surface area contributed by atoms with Crippen LogP contribution < -0.4 is 5.73 Å². The van der Waals surface area contributed by atoms with Crippen molar-refractivity contribution >= 4 is 57.6 Å². The summed E-state index contributed by atoms with van der Waals surface area (Å²) in [5.74, 6) is -0.235. The van der Waals surface area contributed by atoms with E-state index in [1.54, 1.807) is 12.1 Å². The van der Waals surface area contributed by atoms with Gasteiger partial charge >= 0.3 is 0 Å². The van der Waals surface area contributed by atoms with Gasteiger partial charge in [0, 0.05) is 11.3 Å². The van der Waals surface area contributed by atoms with Crippen LogP contribution in [0, 0.1) is 0 Å². The van der Waals surface area contributed by atoms with Gasteiger partial charge in [-0.25, -0.2) is 0 Å². The third kappa shape index (κ3) is 2.58. The van der Waals surface area contributed by atoms with Gasteiger partial charge < -0.3 is 5.73 Å². The molecule has 1 aromatic carbocycles. The predicted molar refractivity (Wildman–Crippen MR) is 73.6 cm³/mol. The molecule has 0 aliphatic carbocycles. The van der Waals surface area contributed by atoms with Crippen LogP contribution in [0.3, 0.4) is 0 Å². The molecule has 2 aromatic rings.